The highest BCUT2D eigenvalue weighted by Crippen LogP contribution is 2.29. The first kappa shape index (κ1) is 28.5. The van der Waals surface area contributed by atoms with Crippen LogP contribution >= 0.6 is 0 Å². The molecule has 0 atom stereocenters. The summed E-state index contributed by atoms with van der Waals surface area (Å²) in [5.74, 6) is 0.680. The highest BCUT2D eigenvalue weighted by Gasteiger charge is 2.22. The third kappa shape index (κ3) is 9.74. The van der Waals surface area contributed by atoms with Gasteiger partial charge in [-0.15, -0.1) is 0 Å². The monoisotopic (exact) mass is 500 g/mol. The third-order valence-corrected chi connectivity index (χ3v) is 7.47. The second-order valence-corrected chi connectivity index (χ2v) is 10.5. The van der Waals surface area contributed by atoms with Crippen LogP contribution in [0, 0.1) is 5.92 Å². The van der Waals surface area contributed by atoms with Gasteiger partial charge >= 0.3 is 0 Å². The molecule has 2 saturated heterocycles. The summed E-state index contributed by atoms with van der Waals surface area (Å²) < 4.78 is 5.41. The van der Waals surface area contributed by atoms with Crippen molar-refractivity contribution in [3.8, 4) is 0 Å². The van der Waals surface area contributed by atoms with Gasteiger partial charge in [-0.25, -0.2) is 0 Å². The van der Waals surface area contributed by atoms with Crippen LogP contribution in [0.15, 0.2) is 18.2 Å². The molecule has 0 unspecified atom stereocenters. The van der Waals surface area contributed by atoms with E-state index in [1.165, 1.54) is 32.1 Å². The van der Waals surface area contributed by atoms with Crippen LogP contribution in [0.1, 0.15) is 88.4 Å². The Morgan fingerprint density at radius 3 is 2.39 bits per heavy atom. The van der Waals surface area contributed by atoms with Gasteiger partial charge in [-0.05, 0) is 43.4 Å². The number of nitrogens with one attached hydrogen (secondary N) is 2. The maximum atomic E-state index is 13.3. The predicted molar refractivity (Wildman–Crippen MR) is 148 cm³/mol. The fourth-order valence-corrected chi connectivity index (χ4v) is 5.03. The number of benzene rings is 1. The molecule has 7 heteroatoms. The maximum Gasteiger partial charge on any atom is 0.253 e. The molecule has 0 spiro atoms. The summed E-state index contributed by atoms with van der Waals surface area (Å²) in [7, 11) is 0. The van der Waals surface area contributed by atoms with E-state index in [2.05, 4.69) is 34.3 Å². The Morgan fingerprint density at radius 1 is 0.972 bits per heavy atom. The minimum Gasteiger partial charge on any atom is -0.379 e. The van der Waals surface area contributed by atoms with Crippen LogP contribution in [0.5, 0.6) is 0 Å². The van der Waals surface area contributed by atoms with Gasteiger partial charge in [0.05, 0.1) is 18.8 Å². The van der Waals surface area contributed by atoms with Crippen LogP contribution in [0.25, 0.3) is 0 Å². The van der Waals surface area contributed by atoms with Crippen LogP contribution in [0.2, 0.25) is 0 Å². The van der Waals surface area contributed by atoms with Gasteiger partial charge < -0.3 is 20.3 Å². The first-order valence-corrected chi connectivity index (χ1v) is 14.3. The number of rotatable bonds is 14. The van der Waals surface area contributed by atoms with Gasteiger partial charge in [0.2, 0.25) is 5.91 Å². The molecule has 202 valence electrons. The van der Waals surface area contributed by atoms with E-state index in [0.29, 0.717) is 24.2 Å². The summed E-state index contributed by atoms with van der Waals surface area (Å²) in [5.41, 5.74) is 2.33. The number of hydrogen-bond donors (Lipinski definition) is 2. The SMILES string of the molecule is CCCCCCCCCC(=O)Nc1ccc(N2CCC(C)CC2)c(C(=O)NCCN2CCOCC2)c1. The molecular weight excluding hydrogens is 452 g/mol. The van der Waals surface area contributed by atoms with Gasteiger partial charge in [0, 0.05) is 57.1 Å². The molecule has 0 aromatic heterocycles. The molecule has 36 heavy (non-hydrogen) atoms. The number of piperidine rings is 1. The third-order valence-electron chi connectivity index (χ3n) is 7.47. The number of carbonyl (C=O) groups excluding carboxylic acids is 2. The van der Waals surface area contributed by atoms with Gasteiger partial charge in [-0.2, -0.15) is 0 Å². The second kappa shape index (κ2) is 15.9. The molecular formula is C29H48N4O3. The van der Waals surface area contributed by atoms with E-state index >= 15 is 0 Å². The van der Waals surface area contributed by atoms with Gasteiger partial charge in [0.1, 0.15) is 0 Å². The lowest BCUT2D eigenvalue weighted by molar-refractivity contribution is -0.116. The normalized spacial score (nSPS) is 17.2. The first-order chi connectivity index (χ1) is 17.6. The summed E-state index contributed by atoms with van der Waals surface area (Å²) in [6, 6.07) is 5.82. The van der Waals surface area contributed by atoms with Crippen molar-refractivity contribution in [3.63, 3.8) is 0 Å². The number of hydrogen-bond acceptors (Lipinski definition) is 5. The highest BCUT2D eigenvalue weighted by atomic mass is 16.5. The van der Waals surface area contributed by atoms with Crippen molar-refractivity contribution < 1.29 is 14.3 Å². The molecule has 2 amide bonds. The smallest absolute Gasteiger partial charge is 0.253 e. The second-order valence-electron chi connectivity index (χ2n) is 10.5. The minimum absolute atomic E-state index is 0.0294. The van der Waals surface area contributed by atoms with E-state index in [-0.39, 0.29) is 11.8 Å². The van der Waals surface area contributed by atoms with Crippen molar-refractivity contribution in [2.45, 2.75) is 78.1 Å². The van der Waals surface area contributed by atoms with Crippen molar-refractivity contribution in [3.05, 3.63) is 23.8 Å². The molecule has 2 aliphatic heterocycles. The molecule has 1 aromatic rings. The molecule has 1 aromatic carbocycles. The Kier molecular flexibility index (Phi) is 12.5. The summed E-state index contributed by atoms with van der Waals surface area (Å²) in [5, 5.41) is 6.15. The summed E-state index contributed by atoms with van der Waals surface area (Å²) in [4.78, 5) is 30.5. The Morgan fingerprint density at radius 2 is 1.67 bits per heavy atom. The molecule has 7 nitrogen and oxygen atoms in total. The average molecular weight is 501 g/mol. The molecule has 0 radical (unpaired) electrons. The number of carbonyl (C=O) groups is 2. The molecule has 2 heterocycles. The molecule has 0 saturated carbocycles. The lowest BCUT2D eigenvalue weighted by atomic mass is 9.97. The van der Waals surface area contributed by atoms with Crippen LogP contribution in [0.3, 0.4) is 0 Å². The topological polar surface area (TPSA) is 73.9 Å². The summed E-state index contributed by atoms with van der Waals surface area (Å²) >= 11 is 0. The van der Waals surface area contributed by atoms with Gasteiger partial charge in [0.15, 0.2) is 0 Å². The van der Waals surface area contributed by atoms with E-state index in [9.17, 15) is 9.59 Å². The predicted octanol–water partition coefficient (Wildman–Crippen LogP) is 5.06. The van der Waals surface area contributed by atoms with Crippen LogP contribution in [0.4, 0.5) is 11.4 Å². The number of nitrogens with zero attached hydrogens (tertiary/aromatic N) is 2. The van der Waals surface area contributed by atoms with E-state index in [1.807, 2.05) is 18.2 Å². The number of anilines is 2. The maximum absolute atomic E-state index is 13.3. The molecule has 3 rings (SSSR count). The Labute approximate surface area is 218 Å². The number of morpholine rings is 1. The highest BCUT2D eigenvalue weighted by molar-refractivity contribution is 6.02. The lowest BCUT2D eigenvalue weighted by Crippen LogP contribution is -2.41. The molecule has 2 N–H and O–H groups in total. The van der Waals surface area contributed by atoms with Gasteiger partial charge in [-0.1, -0.05) is 52.4 Å². The van der Waals surface area contributed by atoms with Crippen LogP contribution in [-0.2, 0) is 9.53 Å². The van der Waals surface area contributed by atoms with Crippen molar-refractivity contribution >= 4 is 23.2 Å². The molecule has 0 bridgehead atoms. The zero-order valence-electron chi connectivity index (χ0n) is 22.7. The first-order valence-electron chi connectivity index (χ1n) is 14.3. The molecule has 2 fully saturated rings. The minimum atomic E-state index is -0.0694. The fourth-order valence-electron chi connectivity index (χ4n) is 5.03. The van der Waals surface area contributed by atoms with Crippen molar-refractivity contribution in [2.24, 2.45) is 5.92 Å². The van der Waals surface area contributed by atoms with Crippen LogP contribution < -0.4 is 15.5 Å². The zero-order valence-corrected chi connectivity index (χ0v) is 22.7. The quantitative estimate of drug-likeness (QED) is 0.349. The van der Waals surface area contributed by atoms with E-state index < -0.39 is 0 Å². The van der Waals surface area contributed by atoms with Crippen LogP contribution in [-0.4, -0.2) is 69.2 Å². The molecule has 0 aliphatic carbocycles. The van der Waals surface area contributed by atoms with Crippen molar-refractivity contribution in [2.75, 3.05) is 62.7 Å². The standard InChI is InChI=1S/C29H48N4O3/c1-3-4-5-6-7-8-9-10-28(34)31-25-11-12-27(33-16-13-24(2)14-17-33)26(23-25)29(35)30-15-18-32-19-21-36-22-20-32/h11-12,23-24H,3-10,13-22H2,1-2H3,(H,30,35)(H,31,34). The zero-order chi connectivity index (χ0) is 25.6. The van der Waals surface area contributed by atoms with E-state index in [1.54, 1.807) is 0 Å². The van der Waals surface area contributed by atoms with Crippen molar-refractivity contribution in [1.82, 2.24) is 10.2 Å². The number of ether oxygens (including phenoxy) is 1. The van der Waals surface area contributed by atoms with Gasteiger partial charge in [0.25, 0.3) is 5.91 Å². The molecule has 2 aliphatic rings. The number of amides is 2. The van der Waals surface area contributed by atoms with Gasteiger partial charge in [-0.3, -0.25) is 14.5 Å². The Bertz CT molecular complexity index is 802. The Hall–Kier alpha value is -2.12. The summed E-state index contributed by atoms with van der Waals surface area (Å²) in [6.07, 6.45) is 11.1. The average Bonchev–Trinajstić information content (AvgIpc) is 2.89. The van der Waals surface area contributed by atoms with E-state index in [0.717, 1.165) is 83.2 Å². The lowest BCUT2D eigenvalue weighted by Gasteiger charge is -2.33. The Balaban J connectivity index is 1.56. The number of unbranched alkanes of at least 4 members (excludes halogenated alkanes) is 6. The summed E-state index contributed by atoms with van der Waals surface area (Å²) in [6.45, 7) is 11.2. The van der Waals surface area contributed by atoms with Crippen molar-refractivity contribution in [1.29, 1.82) is 0 Å². The fraction of sp³-hybridized carbons (Fsp3) is 0.724. The van der Waals surface area contributed by atoms with E-state index in [4.69, 9.17) is 4.74 Å². The largest absolute Gasteiger partial charge is 0.379 e.